The lowest BCUT2D eigenvalue weighted by Gasteiger charge is -2.34. The molecule has 1 aliphatic heterocycles. The molecule has 1 saturated heterocycles. The van der Waals surface area contributed by atoms with Crippen molar-refractivity contribution in [1.29, 1.82) is 0 Å². The van der Waals surface area contributed by atoms with E-state index in [1.807, 2.05) is 17.9 Å². The van der Waals surface area contributed by atoms with Gasteiger partial charge in [-0.15, -0.1) is 0 Å². The van der Waals surface area contributed by atoms with Gasteiger partial charge in [0, 0.05) is 29.0 Å². The number of nitrogens with zero attached hydrogens (tertiary/aromatic N) is 3. The predicted molar refractivity (Wildman–Crippen MR) is 118 cm³/mol. The Morgan fingerprint density at radius 1 is 1.22 bits per heavy atom. The van der Waals surface area contributed by atoms with Crippen LogP contribution in [0.4, 0.5) is 5.82 Å². The molecule has 2 aromatic rings. The van der Waals surface area contributed by atoms with Crippen molar-refractivity contribution >= 4 is 17.6 Å². The third-order valence-corrected chi connectivity index (χ3v) is 5.62. The maximum absolute atomic E-state index is 12.0. The Morgan fingerprint density at radius 3 is 2.62 bits per heavy atom. The van der Waals surface area contributed by atoms with Crippen molar-refractivity contribution < 1.29 is 24.0 Å². The molecular weight excluding hydrogens is 414 g/mol. The predicted octanol–water partition coefficient (Wildman–Crippen LogP) is 3.89. The van der Waals surface area contributed by atoms with Gasteiger partial charge in [-0.25, -0.2) is 0 Å². The first-order valence-electron chi connectivity index (χ1n) is 10.6. The lowest BCUT2D eigenvalue weighted by atomic mass is 9.88. The Kier molecular flexibility index (Phi) is 7.75. The van der Waals surface area contributed by atoms with E-state index >= 15 is 0 Å². The van der Waals surface area contributed by atoms with E-state index in [0.29, 0.717) is 36.1 Å². The summed E-state index contributed by atoms with van der Waals surface area (Å²) < 4.78 is 10.3. The molecule has 2 atom stereocenters. The fourth-order valence-corrected chi connectivity index (χ4v) is 3.91. The monoisotopic (exact) mass is 441 g/mol. The molecule has 1 aliphatic rings. The molecule has 1 aromatic heterocycles. The first kappa shape index (κ1) is 23.2. The number of ketones is 1. The van der Waals surface area contributed by atoms with E-state index in [2.05, 4.69) is 9.72 Å². The Labute approximate surface area is 186 Å². The number of Topliss-reactive ketones (excluding diaryl/α,β-unsaturated/α-hetero) is 1. The second-order valence-corrected chi connectivity index (χ2v) is 7.77. The number of benzene rings is 1. The van der Waals surface area contributed by atoms with Gasteiger partial charge in [0.1, 0.15) is 18.0 Å². The molecule has 9 nitrogen and oxygen atoms in total. The number of anilines is 1. The van der Waals surface area contributed by atoms with Crippen LogP contribution in [0.2, 0.25) is 0 Å². The zero-order valence-corrected chi connectivity index (χ0v) is 18.2. The summed E-state index contributed by atoms with van der Waals surface area (Å²) in [5.41, 5.74) is 0.380. The van der Waals surface area contributed by atoms with Gasteiger partial charge in [0.15, 0.2) is 5.78 Å². The molecule has 1 aromatic carbocycles. The van der Waals surface area contributed by atoms with Crippen LogP contribution in [-0.4, -0.2) is 47.9 Å². The number of carbonyl (C=O) groups excluding carboxylic acids is 2. The fourth-order valence-electron chi connectivity index (χ4n) is 3.91. The van der Waals surface area contributed by atoms with Gasteiger partial charge in [-0.1, -0.05) is 19.4 Å². The standard InChI is InChI=1S/C23H27N3O6/c1-3-5-16-12-13-25(15-19(16)26(29)30)21-6-4-7-22(24-21)32-18-10-8-17(9-11-18)20(27)14-23(28)31-2/h4,6-11,16,19H,3,5,12-15H2,1-2H3. The molecule has 0 amide bonds. The molecule has 0 bridgehead atoms. The molecular formula is C23H27N3O6. The summed E-state index contributed by atoms with van der Waals surface area (Å²) in [5, 5.41) is 11.6. The maximum Gasteiger partial charge on any atom is 0.313 e. The number of nitro groups is 1. The van der Waals surface area contributed by atoms with E-state index < -0.39 is 12.0 Å². The average Bonchev–Trinajstić information content (AvgIpc) is 2.80. The smallest absolute Gasteiger partial charge is 0.313 e. The van der Waals surface area contributed by atoms with Crippen LogP contribution in [0.5, 0.6) is 11.6 Å². The number of rotatable bonds is 9. The lowest BCUT2D eigenvalue weighted by Crippen LogP contribution is -2.48. The van der Waals surface area contributed by atoms with Crippen LogP contribution in [0.15, 0.2) is 42.5 Å². The largest absolute Gasteiger partial charge is 0.469 e. The van der Waals surface area contributed by atoms with Gasteiger partial charge in [-0.3, -0.25) is 19.7 Å². The molecule has 0 N–H and O–H groups in total. The summed E-state index contributed by atoms with van der Waals surface area (Å²) in [7, 11) is 1.23. The Bertz CT molecular complexity index is 962. The molecule has 32 heavy (non-hydrogen) atoms. The van der Waals surface area contributed by atoms with Gasteiger partial charge in [0.2, 0.25) is 11.9 Å². The summed E-state index contributed by atoms with van der Waals surface area (Å²) in [5.74, 6) is 0.628. The molecule has 9 heteroatoms. The highest BCUT2D eigenvalue weighted by Crippen LogP contribution is 2.29. The van der Waals surface area contributed by atoms with E-state index in [0.717, 1.165) is 19.3 Å². The Morgan fingerprint density at radius 2 is 1.97 bits per heavy atom. The van der Waals surface area contributed by atoms with E-state index in [-0.39, 0.29) is 23.0 Å². The molecule has 3 rings (SSSR count). The maximum atomic E-state index is 12.0. The highest BCUT2D eigenvalue weighted by Gasteiger charge is 2.37. The number of esters is 1. The van der Waals surface area contributed by atoms with E-state index in [4.69, 9.17) is 4.74 Å². The van der Waals surface area contributed by atoms with Crippen LogP contribution >= 0.6 is 0 Å². The zero-order chi connectivity index (χ0) is 23.1. The number of carbonyl (C=O) groups is 2. The van der Waals surface area contributed by atoms with Crippen LogP contribution in [0.3, 0.4) is 0 Å². The highest BCUT2D eigenvalue weighted by atomic mass is 16.6. The van der Waals surface area contributed by atoms with E-state index in [1.165, 1.54) is 7.11 Å². The molecule has 0 aliphatic carbocycles. The molecule has 0 spiro atoms. The van der Waals surface area contributed by atoms with Crippen molar-refractivity contribution in [3.63, 3.8) is 0 Å². The van der Waals surface area contributed by atoms with Gasteiger partial charge in [-0.2, -0.15) is 4.98 Å². The van der Waals surface area contributed by atoms with Crippen LogP contribution in [0, 0.1) is 16.0 Å². The minimum Gasteiger partial charge on any atom is -0.469 e. The second kappa shape index (κ2) is 10.7. The topological polar surface area (TPSA) is 112 Å². The van der Waals surface area contributed by atoms with Gasteiger partial charge < -0.3 is 14.4 Å². The molecule has 0 radical (unpaired) electrons. The molecule has 1 fully saturated rings. The zero-order valence-electron chi connectivity index (χ0n) is 18.2. The number of ether oxygens (including phenoxy) is 2. The normalized spacial score (nSPS) is 18.1. The summed E-state index contributed by atoms with van der Waals surface area (Å²) in [6.07, 6.45) is 2.23. The van der Waals surface area contributed by atoms with Crippen LogP contribution in [-0.2, 0) is 9.53 Å². The van der Waals surface area contributed by atoms with E-state index in [9.17, 15) is 19.7 Å². The fraction of sp³-hybridized carbons (Fsp3) is 0.435. The Balaban J connectivity index is 1.67. The van der Waals surface area contributed by atoms with Gasteiger partial charge in [0.05, 0.1) is 13.7 Å². The number of aromatic nitrogens is 1. The second-order valence-electron chi connectivity index (χ2n) is 7.77. The van der Waals surface area contributed by atoms with Crippen molar-refractivity contribution in [2.24, 2.45) is 5.92 Å². The van der Waals surface area contributed by atoms with Gasteiger partial charge in [0.25, 0.3) is 0 Å². The van der Waals surface area contributed by atoms with Crippen LogP contribution in [0.1, 0.15) is 43.0 Å². The van der Waals surface area contributed by atoms with E-state index in [1.54, 1.807) is 36.4 Å². The third kappa shape index (κ3) is 5.81. The molecule has 0 saturated carbocycles. The number of methoxy groups -OCH3 is 1. The Hall–Kier alpha value is -3.49. The average molecular weight is 441 g/mol. The first-order chi connectivity index (χ1) is 15.4. The summed E-state index contributed by atoms with van der Waals surface area (Å²) in [4.78, 5) is 41.1. The summed E-state index contributed by atoms with van der Waals surface area (Å²) in [6, 6.07) is 11.1. The number of piperidine rings is 1. The minimum atomic E-state index is -0.606. The van der Waals surface area contributed by atoms with Gasteiger partial charge >= 0.3 is 5.97 Å². The highest BCUT2D eigenvalue weighted by molar-refractivity contribution is 6.05. The molecule has 2 heterocycles. The number of hydrogen-bond donors (Lipinski definition) is 0. The quantitative estimate of drug-likeness (QED) is 0.189. The first-order valence-corrected chi connectivity index (χ1v) is 10.6. The van der Waals surface area contributed by atoms with Crippen molar-refractivity contribution in [1.82, 2.24) is 4.98 Å². The number of hydrogen-bond acceptors (Lipinski definition) is 8. The van der Waals surface area contributed by atoms with Crippen molar-refractivity contribution in [3.05, 3.63) is 58.1 Å². The summed E-state index contributed by atoms with van der Waals surface area (Å²) >= 11 is 0. The lowest BCUT2D eigenvalue weighted by molar-refractivity contribution is -0.531. The van der Waals surface area contributed by atoms with Gasteiger partial charge in [-0.05, 0) is 43.2 Å². The van der Waals surface area contributed by atoms with Crippen molar-refractivity contribution in [3.8, 4) is 11.6 Å². The molecule has 2 unspecified atom stereocenters. The minimum absolute atomic E-state index is 0.0890. The van der Waals surface area contributed by atoms with Crippen LogP contribution in [0.25, 0.3) is 0 Å². The third-order valence-electron chi connectivity index (χ3n) is 5.62. The number of pyridine rings is 1. The van der Waals surface area contributed by atoms with Crippen molar-refractivity contribution in [2.45, 2.75) is 38.6 Å². The van der Waals surface area contributed by atoms with Crippen LogP contribution < -0.4 is 9.64 Å². The summed E-state index contributed by atoms with van der Waals surface area (Å²) in [6.45, 7) is 3.08. The molecule has 170 valence electrons. The van der Waals surface area contributed by atoms with Crippen molar-refractivity contribution in [2.75, 3.05) is 25.1 Å². The SMILES string of the molecule is CCCC1CCN(c2cccc(Oc3ccc(C(=O)CC(=O)OC)cc3)n2)CC1[N+](=O)[O-].